The van der Waals surface area contributed by atoms with Crippen molar-refractivity contribution < 1.29 is 14.3 Å². The first kappa shape index (κ1) is 14.8. The number of carbonyl (C=O) groups excluding carboxylic acids is 1. The molecule has 0 bridgehead atoms. The lowest BCUT2D eigenvalue weighted by molar-refractivity contribution is 0.0381. The van der Waals surface area contributed by atoms with Gasteiger partial charge in [0.25, 0.3) is 5.91 Å². The smallest absolute Gasteiger partial charge is 0.257 e. The molecule has 7 heteroatoms. The number of amides is 1. The Labute approximate surface area is 128 Å². The number of carbonyl (C=O) groups is 1. The van der Waals surface area contributed by atoms with Gasteiger partial charge in [0.05, 0.1) is 18.3 Å². The van der Waals surface area contributed by atoms with E-state index >= 15 is 0 Å². The van der Waals surface area contributed by atoms with Crippen LogP contribution in [0.1, 0.15) is 48.1 Å². The molecule has 0 aliphatic carbocycles. The van der Waals surface area contributed by atoms with Crippen LogP contribution in [0.5, 0.6) is 0 Å². The Bertz CT molecular complexity index is 691. The monoisotopic (exact) mass is 304 g/mol. The molecule has 22 heavy (non-hydrogen) atoms. The molecule has 2 aromatic heterocycles. The highest BCUT2D eigenvalue weighted by Gasteiger charge is 2.42. The van der Waals surface area contributed by atoms with Crippen molar-refractivity contribution in [1.82, 2.24) is 19.9 Å². The topological polar surface area (TPSA) is 84.4 Å². The molecule has 1 aliphatic rings. The van der Waals surface area contributed by atoms with Gasteiger partial charge in [0.1, 0.15) is 23.3 Å². The van der Waals surface area contributed by atoms with Crippen molar-refractivity contribution in [2.45, 2.75) is 38.8 Å². The van der Waals surface area contributed by atoms with Gasteiger partial charge in [-0.05, 0) is 26.8 Å². The fourth-order valence-corrected chi connectivity index (χ4v) is 2.66. The lowest BCUT2D eigenvalue weighted by Crippen LogP contribution is -2.34. The molecule has 1 N–H and O–H groups in total. The van der Waals surface area contributed by atoms with E-state index < -0.39 is 5.60 Å². The Balaban J connectivity index is 1.76. The van der Waals surface area contributed by atoms with Gasteiger partial charge >= 0.3 is 0 Å². The van der Waals surface area contributed by atoms with Crippen LogP contribution < -0.4 is 0 Å². The first-order chi connectivity index (χ1) is 10.4. The molecule has 1 atom stereocenters. The maximum Gasteiger partial charge on any atom is 0.257 e. The first-order valence-electron chi connectivity index (χ1n) is 7.38. The Morgan fingerprint density at radius 2 is 2.27 bits per heavy atom. The van der Waals surface area contributed by atoms with Crippen molar-refractivity contribution >= 4 is 5.91 Å². The van der Waals surface area contributed by atoms with E-state index in [0.717, 1.165) is 0 Å². The van der Waals surface area contributed by atoms with Crippen LogP contribution in [0.2, 0.25) is 0 Å². The number of nitrogens with zero attached hydrogens (tertiary/aromatic N) is 4. The molecule has 0 aromatic carbocycles. The summed E-state index contributed by atoms with van der Waals surface area (Å²) in [7, 11) is 0. The second kappa shape index (κ2) is 5.24. The van der Waals surface area contributed by atoms with Gasteiger partial charge in [0.15, 0.2) is 0 Å². The number of aliphatic hydroxyl groups is 1. The fourth-order valence-electron chi connectivity index (χ4n) is 2.66. The molecule has 1 unspecified atom stereocenters. The zero-order chi connectivity index (χ0) is 15.9. The summed E-state index contributed by atoms with van der Waals surface area (Å²) in [6, 6.07) is 1.88. The molecule has 3 rings (SSSR count). The first-order valence-corrected chi connectivity index (χ1v) is 7.38. The summed E-state index contributed by atoms with van der Waals surface area (Å²) < 4.78 is 6.88. The van der Waals surface area contributed by atoms with Gasteiger partial charge in [-0.3, -0.25) is 4.79 Å². The minimum atomic E-state index is -1.14. The predicted octanol–water partition coefficient (Wildman–Crippen LogP) is 1.49. The number of furan rings is 1. The fraction of sp³-hybridized carbons (Fsp3) is 0.533. The minimum absolute atomic E-state index is 0.135. The van der Waals surface area contributed by atoms with Gasteiger partial charge < -0.3 is 14.4 Å². The van der Waals surface area contributed by atoms with Crippen LogP contribution >= 0.6 is 0 Å². The Morgan fingerprint density at radius 1 is 1.50 bits per heavy atom. The molecule has 1 saturated heterocycles. The van der Waals surface area contributed by atoms with Crippen molar-refractivity contribution in [2.24, 2.45) is 0 Å². The number of rotatable bonds is 3. The van der Waals surface area contributed by atoms with Crippen LogP contribution in [0, 0.1) is 6.92 Å². The van der Waals surface area contributed by atoms with Crippen molar-refractivity contribution in [3.8, 4) is 0 Å². The molecule has 3 heterocycles. The third-order valence-corrected chi connectivity index (χ3v) is 4.03. The van der Waals surface area contributed by atoms with E-state index in [1.54, 1.807) is 28.8 Å². The molecular weight excluding hydrogens is 284 g/mol. The number of aromatic nitrogens is 3. The summed E-state index contributed by atoms with van der Waals surface area (Å²) >= 11 is 0. The summed E-state index contributed by atoms with van der Waals surface area (Å²) in [5, 5.41) is 18.9. The van der Waals surface area contributed by atoms with Crippen molar-refractivity contribution in [3.05, 3.63) is 35.5 Å². The quantitative estimate of drug-likeness (QED) is 0.928. The molecule has 1 aliphatic heterocycles. The lowest BCUT2D eigenvalue weighted by atomic mass is 10.00. The van der Waals surface area contributed by atoms with E-state index in [1.807, 2.05) is 13.8 Å². The highest BCUT2D eigenvalue weighted by atomic mass is 16.3. The van der Waals surface area contributed by atoms with Crippen molar-refractivity contribution in [3.63, 3.8) is 0 Å². The normalized spacial score (nSPS) is 21.8. The maximum absolute atomic E-state index is 12.4. The molecule has 2 aromatic rings. The van der Waals surface area contributed by atoms with Crippen LogP contribution in [-0.2, 0) is 5.60 Å². The highest BCUT2D eigenvalue weighted by molar-refractivity contribution is 5.94. The van der Waals surface area contributed by atoms with Gasteiger partial charge in [-0.1, -0.05) is 5.21 Å². The maximum atomic E-state index is 12.4. The second-order valence-electron chi connectivity index (χ2n) is 6.13. The van der Waals surface area contributed by atoms with E-state index in [9.17, 15) is 9.90 Å². The van der Waals surface area contributed by atoms with Gasteiger partial charge in [0, 0.05) is 19.0 Å². The number of β-amino-alcohol motifs (C(OH)–C–C–N with tert-alkyl or cyclic N) is 1. The number of hydrogen-bond donors (Lipinski definition) is 1. The van der Waals surface area contributed by atoms with Crippen LogP contribution in [0.4, 0.5) is 0 Å². The van der Waals surface area contributed by atoms with E-state index in [1.165, 1.54) is 6.26 Å². The van der Waals surface area contributed by atoms with Crippen LogP contribution in [0.15, 0.2) is 22.9 Å². The Kier molecular flexibility index (Phi) is 3.52. The average Bonchev–Trinajstić information content (AvgIpc) is 3.17. The highest BCUT2D eigenvalue weighted by Crippen LogP contribution is 2.31. The molecule has 7 nitrogen and oxygen atoms in total. The zero-order valence-corrected chi connectivity index (χ0v) is 13.0. The standard InChI is InChI=1S/C15H20N4O3/c1-10(2)19-7-13(16-17-19)15(21)4-5-18(9-15)14(20)12-6-11(3)22-8-12/h6-8,10,21H,4-5,9H2,1-3H3. The summed E-state index contributed by atoms with van der Waals surface area (Å²) in [6.45, 7) is 6.48. The molecule has 0 radical (unpaired) electrons. The van der Waals surface area contributed by atoms with E-state index in [-0.39, 0.29) is 18.5 Å². The molecule has 0 spiro atoms. The van der Waals surface area contributed by atoms with Gasteiger partial charge in [-0.25, -0.2) is 4.68 Å². The predicted molar refractivity (Wildman–Crippen MR) is 78.3 cm³/mol. The molecule has 0 saturated carbocycles. The van der Waals surface area contributed by atoms with E-state index in [0.29, 0.717) is 30.0 Å². The number of aryl methyl sites for hydroxylation is 1. The summed E-state index contributed by atoms with van der Waals surface area (Å²) in [6.07, 6.45) is 3.65. The Hall–Kier alpha value is -2.15. The average molecular weight is 304 g/mol. The number of hydrogen-bond acceptors (Lipinski definition) is 5. The molecule has 1 amide bonds. The van der Waals surface area contributed by atoms with E-state index in [4.69, 9.17) is 4.42 Å². The van der Waals surface area contributed by atoms with Crippen molar-refractivity contribution in [2.75, 3.05) is 13.1 Å². The minimum Gasteiger partial charge on any atom is -0.469 e. The summed E-state index contributed by atoms with van der Waals surface area (Å²) in [4.78, 5) is 14.0. The van der Waals surface area contributed by atoms with Crippen molar-refractivity contribution in [1.29, 1.82) is 0 Å². The third-order valence-electron chi connectivity index (χ3n) is 4.03. The molecule has 118 valence electrons. The van der Waals surface area contributed by atoms with Gasteiger partial charge in [-0.2, -0.15) is 0 Å². The Morgan fingerprint density at radius 3 is 2.86 bits per heavy atom. The van der Waals surface area contributed by atoms with Gasteiger partial charge in [-0.15, -0.1) is 5.10 Å². The molecule has 1 fully saturated rings. The van der Waals surface area contributed by atoms with Crippen LogP contribution in [0.3, 0.4) is 0 Å². The largest absolute Gasteiger partial charge is 0.469 e. The van der Waals surface area contributed by atoms with Gasteiger partial charge in [0.2, 0.25) is 0 Å². The molecular formula is C15H20N4O3. The van der Waals surface area contributed by atoms with Crippen LogP contribution in [0.25, 0.3) is 0 Å². The van der Waals surface area contributed by atoms with Crippen LogP contribution in [-0.4, -0.2) is 44.0 Å². The number of likely N-dealkylation sites (tertiary alicyclic amines) is 1. The third kappa shape index (κ3) is 2.52. The summed E-state index contributed by atoms with van der Waals surface area (Å²) in [5.41, 5.74) is -0.117. The summed E-state index contributed by atoms with van der Waals surface area (Å²) in [5.74, 6) is 0.557. The zero-order valence-electron chi connectivity index (χ0n) is 13.0. The second-order valence-corrected chi connectivity index (χ2v) is 6.13. The SMILES string of the molecule is Cc1cc(C(=O)N2CCC(O)(c3cn(C(C)C)nn3)C2)co1. The lowest BCUT2D eigenvalue weighted by Gasteiger charge is -2.20. The van der Waals surface area contributed by atoms with E-state index in [2.05, 4.69) is 10.3 Å².